The van der Waals surface area contributed by atoms with Crippen molar-refractivity contribution in [2.24, 2.45) is 0 Å². The lowest BCUT2D eigenvalue weighted by Crippen LogP contribution is -2.34. The van der Waals surface area contributed by atoms with Gasteiger partial charge in [0.2, 0.25) is 10.0 Å². The molecule has 1 N–H and O–H groups in total. The Morgan fingerprint density at radius 2 is 2.00 bits per heavy atom. The number of hydrogen-bond donors (Lipinski definition) is 1. The van der Waals surface area contributed by atoms with E-state index in [9.17, 15) is 13.5 Å². The molecule has 2 unspecified atom stereocenters. The average Bonchev–Trinajstić information content (AvgIpc) is 3.14. The smallest absolute Gasteiger partial charge is 0.231 e. The van der Waals surface area contributed by atoms with Gasteiger partial charge < -0.3 is 14.7 Å². The molecule has 0 radical (unpaired) electrons. The molecule has 0 aromatic heterocycles. The minimum atomic E-state index is -3.30. The van der Waals surface area contributed by atoms with E-state index in [1.807, 2.05) is 18.2 Å². The number of benzene rings is 2. The fraction of sp³-hybridized carbons (Fsp3) is 0.429. The van der Waals surface area contributed by atoms with Crippen molar-refractivity contribution in [3.8, 4) is 5.75 Å². The van der Waals surface area contributed by atoms with Crippen LogP contribution in [0, 0.1) is 0 Å². The molecule has 0 bridgehead atoms. The van der Waals surface area contributed by atoms with Crippen LogP contribution < -0.4 is 9.04 Å². The molecule has 2 atom stereocenters. The third-order valence-electron chi connectivity index (χ3n) is 5.20. The molecule has 0 saturated carbocycles. The number of aliphatic hydroxyl groups excluding tert-OH is 1. The van der Waals surface area contributed by atoms with Gasteiger partial charge in [0.1, 0.15) is 18.5 Å². The molecule has 6 nitrogen and oxygen atoms in total. The topological polar surface area (TPSA) is 70.1 Å². The highest BCUT2D eigenvalue weighted by molar-refractivity contribution is 7.92. The van der Waals surface area contributed by atoms with Crippen LogP contribution in [-0.2, 0) is 10.0 Å². The number of anilines is 1. The number of sulfonamides is 1. The Morgan fingerprint density at radius 3 is 2.66 bits per heavy atom. The van der Waals surface area contributed by atoms with Crippen LogP contribution in [0.15, 0.2) is 48.5 Å². The van der Waals surface area contributed by atoms with Gasteiger partial charge in [0.05, 0.1) is 11.9 Å². The maximum atomic E-state index is 11.6. The zero-order valence-electron chi connectivity index (χ0n) is 16.7. The third kappa shape index (κ3) is 6.09. The fourth-order valence-electron chi connectivity index (χ4n) is 3.52. The van der Waals surface area contributed by atoms with E-state index in [0.29, 0.717) is 23.9 Å². The molecule has 158 valence electrons. The molecule has 1 saturated heterocycles. The van der Waals surface area contributed by atoms with Crippen molar-refractivity contribution in [2.45, 2.75) is 18.4 Å². The van der Waals surface area contributed by atoms with E-state index in [4.69, 9.17) is 16.3 Å². The molecule has 3 rings (SSSR count). The summed E-state index contributed by atoms with van der Waals surface area (Å²) in [5.41, 5.74) is 1.80. The van der Waals surface area contributed by atoms with Gasteiger partial charge >= 0.3 is 0 Å². The molecule has 1 heterocycles. The summed E-state index contributed by atoms with van der Waals surface area (Å²) in [4.78, 5) is 2.24. The molecule has 1 aliphatic rings. The van der Waals surface area contributed by atoms with Crippen molar-refractivity contribution in [1.82, 2.24) is 4.90 Å². The van der Waals surface area contributed by atoms with Gasteiger partial charge in [-0.1, -0.05) is 23.7 Å². The Hall–Kier alpha value is -1.80. The van der Waals surface area contributed by atoms with Crippen LogP contribution in [0.4, 0.5) is 5.69 Å². The van der Waals surface area contributed by atoms with Crippen LogP contribution in [0.2, 0.25) is 5.02 Å². The van der Waals surface area contributed by atoms with Gasteiger partial charge in [-0.05, 0) is 60.8 Å². The zero-order chi connectivity index (χ0) is 21.0. The van der Waals surface area contributed by atoms with Gasteiger partial charge in [-0.25, -0.2) is 8.42 Å². The van der Waals surface area contributed by atoms with Gasteiger partial charge in [-0.15, -0.1) is 0 Å². The number of nitrogens with zero attached hydrogens (tertiary/aromatic N) is 2. The monoisotopic (exact) mass is 438 g/mol. The molecular weight excluding hydrogens is 412 g/mol. The van der Waals surface area contributed by atoms with Gasteiger partial charge in [-0.3, -0.25) is 4.31 Å². The lowest BCUT2D eigenvalue weighted by molar-refractivity contribution is 0.0754. The van der Waals surface area contributed by atoms with Crippen LogP contribution in [0.3, 0.4) is 0 Å². The maximum absolute atomic E-state index is 11.6. The van der Waals surface area contributed by atoms with Crippen molar-refractivity contribution in [3.05, 3.63) is 59.1 Å². The highest BCUT2D eigenvalue weighted by Gasteiger charge is 2.25. The summed E-state index contributed by atoms with van der Waals surface area (Å²) in [6.07, 6.45) is 1.60. The van der Waals surface area contributed by atoms with E-state index >= 15 is 0 Å². The number of halogens is 1. The Balaban J connectivity index is 1.46. The number of hydrogen-bond acceptors (Lipinski definition) is 5. The first kappa shape index (κ1) is 21.9. The van der Waals surface area contributed by atoms with Crippen LogP contribution in [0.1, 0.15) is 17.9 Å². The number of β-amino-alcohol motifs (C(OH)–C–C–N with tert-alkyl or cyclic N) is 1. The molecule has 2 aromatic rings. The number of likely N-dealkylation sites (tertiary alicyclic amines) is 1. The predicted octanol–water partition coefficient (Wildman–Crippen LogP) is 2.97. The summed E-state index contributed by atoms with van der Waals surface area (Å²) >= 11 is 6.09. The second kappa shape index (κ2) is 9.34. The standard InChI is InChI=1S/C21H27ClN2O4S/c1-23(29(2,26)27)19-6-8-21(9-7-19)28-15-20(25)14-24-11-10-17(13-24)16-4-3-5-18(22)12-16/h3-9,12,17,20,25H,10-11,13-15H2,1-2H3. The van der Waals surface area contributed by atoms with Gasteiger partial charge in [0.25, 0.3) is 0 Å². The summed E-state index contributed by atoms with van der Waals surface area (Å²) in [6.45, 7) is 2.55. The van der Waals surface area contributed by atoms with E-state index in [2.05, 4.69) is 11.0 Å². The average molecular weight is 439 g/mol. The van der Waals surface area contributed by atoms with Crippen molar-refractivity contribution >= 4 is 27.3 Å². The summed E-state index contributed by atoms with van der Waals surface area (Å²) in [5, 5.41) is 11.1. The first-order chi connectivity index (χ1) is 13.7. The van der Waals surface area contributed by atoms with Crippen LogP contribution in [0.25, 0.3) is 0 Å². The quantitative estimate of drug-likeness (QED) is 0.686. The van der Waals surface area contributed by atoms with Crippen molar-refractivity contribution in [3.63, 3.8) is 0 Å². The van der Waals surface area contributed by atoms with Crippen LogP contribution in [-0.4, -0.2) is 64.1 Å². The van der Waals surface area contributed by atoms with Crippen molar-refractivity contribution < 1.29 is 18.3 Å². The lowest BCUT2D eigenvalue weighted by Gasteiger charge is -2.21. The Morgan fingerprint density at radius 1 is 1.28 bits per heavy atom. The first-order valence-corrected chi connectivity index (χ1v) is 11.8. The maximum Gasteiger partial charge on any atom is 0.231 e. The molecule has 8 heteroatoms. The number of rotatable bonds is 8. The summed E-state index contributed by atoms with van der Waals surface area (Å²) in [7, 11) is -1.79. The van der Waals surface area contributed by atoms with Crippen molar-refractivity contribution in [2.75, 3.05) is 43.8 Å². The fourth-order valence-corrected chi connectivity index (χ4v) is 4.22. The normalized spacial score (nSPS) is 18.6. The molecule has 2 aromatic carbocycles. The van der Waals surface area contributed by atoms with Crippen molar-refractivity contribution in [1.29, 1.82) is 0 Å². The van der Waals surface area contributed by atoms with Gasteiger partial charge in [-0.2, -0.15) is 0 Å². The van der Waals surface area contributed by atoms with Gasteiger partial charge in [0.15, 0.2) is 0 Å². The lowest BCUT2D eigenvalue weighted by atomic mass is 9.99. The van der Waals surface area contributed by atoms with Crippen LogP contribution >= 0.6 is 11.6 Å². The minimum Gasteiger partial charge on any atom is -0.491 e. The van der Waals surface area contributed by atoms with E-state index in [1.54, 1.807) is 24.3 Å². The minimum absolute atomic E-state index is 0.180. The van der Waals surface area contributed by atoms with E-state index < -0.39 is 16.1 Å². The van der Waals surface area contributed by atoms with E-state index in [1.165, 1.54) is 16.9 Å². The number of aliphatic hydroxyl groups is 1. The molecular formula is C21H27ClN2O4S. The Bertz CT molecular complexity index is 921. The molecule has 1 aliphatic heterocycles. The first-order valence-electron chi connectivity index (χ1n) is 9.55. The highest BCUT2D eigenvalue weighted by atomic mass is 35.5. The van der Waals surface area contributed by atoms with E-state index in [-0.39, 0.29) is 6.61 Å². The Kier molecular flexibility index (Phi) is 7.05. The molecule has 29 heavy (non-hydrogen) atoms. The summed E-state index contributed by atoms with van der Waals surface area (Å²) in [5.74, 6) is 1.02. The molecule has 0 spiro atoms. The molecule has 0 amide bonds. The number of ether oxygens (including phenoxy) is 1. The second-order valence-electron chi connectivity index (χ2n) is 7.49. The largest absolute Gasteiger partial charge is 0.491 e. The molecule has 1 fully saturated rings. The van der Waals surface area contributed by atoms with E-state index in [0.717, 1.165) is 30.8 Å². The van der Waals surface area contributed by atoms with Gasteiger partial charge in [0, 0.05) is 25.2 Å². The summed E-state index contributed by atoms with van der Waals surface area (Å²) < 4.78 is 30.0. The second-order valence-corrected chi connectivity index (χ2v) is 9.94. The zero-order valence-corrected chi connectivity index (χ0v) is 18.2. The third-order valence-corrected chi connectivity index (χ3v) is 6.64. The highest BCUT2D eigenvalue weighted by Crippen LogP contribution is 2.28. The Labute approximate surface area is 177 Å². The SMILES string of the molecule is CN(c1ccc(OCC(O)CN2CCC(c3cccc(Cl)c3)C2)cc1)S(C)(=O)=O. The van der Waals surface area contributed by atoms with Crippen LogP contribution in [0.5, 0.6) is 5.75 Å². The molecule has 0 aliphatic carbocycles. The summed E-state index contributed by atoms with van der Waals surface area (Å²) in [6, 6.07) is 14.7. The predicted molar refractivity (Wildman–Crippen MR) is 116 cm³/mol.